The number of nitrogens with zero attached hydrogens (tertiary/aromatic N) is 4. The fraction of sp³-hybridized carbons (Fsp3) is 0.444. The highest BCUT2D eigenvalue weighted by atomic mass is 79.9. The van der Waals surface area contributed by atoms with Gasteiger partial charge in [0.15, 0.2) is 11.3 Å². The minimum Gasteiger partial charge on any atom is -0.394 e. The first-order chi connectivity index (χ1) is 7.26. The Balaban J connectivity index is 2.55. The molecule has 0 amide bonds. The van der Waals surface area contributed by atoms with Gasteiger partial charge < -0.3 is 9.67 Å². The number of rotatable bonds is 3. The number of aromatic nitrogens is 4. The SMILES string of the molecule is CC[C@@H](CO)n1cnc2ncc(Br)nc21. The Hall–Kier alpha value is -1.01. The molecule has 2 aromatic rings. The van der Waals surface area contributed by atoms with Gasteiger partial charge in [0.1, 0.15) is 4.60 Å². The molecule has 0 aliphatic carbocycles. The highest BCUT2D eigenvalue weighted by Crippen LogP contribution is 2.18. The van der Waals surface area contributed by atoms with Crippen LogP contribution >= 0.6 is 15.9 Å². The predicted octanol–water partition coefficient (Wildman–Crippen LogP) is 1.53. The van der Waals surface area contributed by atoms with Crippen molar-refractivity contribution in [1.82, 2.24) is 19.5 Å². The van der Waals surface area contributed by atoms with Gasteiger partial charge in [-0.15, -0.1) is 0 Å². The maximum Gasteiger partial charge on any atom is 0.197 e. The van der Waals surface area contributed by atoms with Gasteiger partial charge in [-0.2, -0.15) is 0 Å². The van der Waals surface area contributed by atoms with E-state index in [1.165, 1.54) is 0 Å². The molecule has 0 unspecified atom stereocenters. The molecule has 0 spiro atoms. The van der Waals surface area contributed by atoms with Crippen molar-refractivity contribution in [2.45, 2.75) is 19.4 Å². The number of aliphatic hydroxyl groups is 1. The Morgan fingerprint density at radius 1 is 1.53 bits per heavy atom. The van der Waals surface area contributed by atoms with Crippen LogP contribution in [0.25, 0.3) is 11.3 Å². The number of hydrogen-bond donors (Lipinski definition) is 1. The summed E-state index contributed by atoms with van der Waals surface area (Å²) in [5.41, 5.74) is 1.30. The first kappa shape index (κ1) is 10.5. The van der Waals surface area contributed by atoms with E-state index in [0.29, 0.717) is 15.9 Å². The minimum absolute atomic E-state index is 0.0126. The Kier molecular flexibility index (Phi) is 2.97. The van der Waals surface area contributed by atoms with E-state index in [0.717, 1.165) is 6.42 Å². The highest BCUT2D eigenvalue weighted by molar-refractivity contribution is 9.10. The molecule has 6 heteroatoms. The normalized spacial score (nSPS) is 13.3. The van der Waals surface area contributed by atoms with E-state index < -0.39 is 0 Å². The van der Waals surface area contributed by atoms with Crippen LogP contribution in [-0.2, 0) is 0 Å². The van der Waals surface area contributed by atoms with Crippen molar-refractivity contribution in [3.8, 4) is 0 Å². The fourth-order valence-corrected chi connectivity index (χ4v) is 1.74. The third-order valence-corrected chi connectivity index (χ3v) is 2.71. The molecule has 1 N–H and O–H groups in total. The lowest BCUT2D eigenvalue weighted by Gasteiger charge is -2.13. The van der Waals surface area contributed by atoms with Gasteiger partial charge in [-0.1, -0.05) is 6.92 Å². The molecule has 0 aliphatic rings. The number of halogens is 1. The zero-order valence-electron chi connectivity index (χ0n) is 8.26. The Bertz CT molecular complexity index is 466. The maximum absolute atomic E-state index is 9.22. The Morgan fingerprint density at radius 3 is 3.00 bits per heavy atom. The van der Waals surface area contributed by atoms with Crippen LogP contribution in [0.15, 0.2) is 17.1 Å². The lowest BCUT2D eigenvalue weighted by Crippen LogP contribution is -2.11. The second kappa shape index (κ2) is 4.24. The van der Waals surface area contributed by atoms with Gasteiger partial charge in [0.05, 0.1) is 25.2 Å². The molecule has 0 saturated carbocycles. The zero-order valence-corrected chi connectivity index (χ0v) is 9.85. The van der Waals surface area contributed by atoms with Gasteiger partial charge in [-0.25, -0.2) is 15.0 Å². The molecule has 5 nitrogen and oxygen atoms in total. The zero-order chi connectivity index (χ0) is 10.8. The molecule has 15 heavy (non-hydrogen) atoms. The van der Waals surface area contributed by atoms with Gasteiger partial charge in [0.25, 0.3) is 0 Å². The second-order valence-corrected chi connectivity index (χ2v) is 4.05. The average Bonchev–Trinajstić information content (AvgIpc) is 2.64. The van der Waals surface area contributed by atoms with E-state index in [2.05, 4.69) is 30.9 Å². The first-order valence-electron chi connectivity index (χ1n) is 4.72. The summed E-state index contributed by atoms with van der Waals surface area (Å²) >= 11 is 3.27. The third kappa shape index (κ3) is 1.87. The van der Waals surface area contributed by atoms with E-state index in [1.807, 2.05) is 11.5 Å². The Labute approximate surface area is 95.3 Å². The molecule has 0 radical (unpaired) electrons. The van der Waals surface area contributed by atoms with Gasteiger partial charge in [-0.3, -0.25) is 0 Å². The van der Waals surface area contributed by atoms with Crippen molar-refractivity contribution in [3.63, 3.8) is 0 Å². The third-order valence-electron chi connectivity index (χ3n) is 2.33. The quantitative estimate of drug-likeness (QED) is 0.919. The average molecular weight is 271 g/mol. The molecular weight excluding hydrogens is 260 g/mol. The van der Waals surface area contributed by atoms with Gasteiger partial charge in [0.2, 0.25) is 0 Å². The maximum atomic E-state index is 9.22. The van der Waals surface area contributed by atoms with Crippen LogP contribution in [0.2, 0.25) is 0 Å². The molecule has 2 rings (SSSR count). The number of aliphatic hydroxyl groups excluding tert-OH is 1. The molecule has 1 atom stereocenters. The van der Waals surface area contributed by atoms with Crippen LogP contribution in [0, 0.1) is 0 Å². The van der Waals surface area contributed by atoms with Crippen LogP contribution in [0.3, 0.4) is 0 Å². The first-order valence-corrected chi connectivity index (χ1v) is 5.51. The Morgan fingerprint density at radius 2 is 2.33 bits per heavy atom. The monoisotopic (exact) mass is 270 g/mol. The van der Waals surface area contributed by atoms with Crippen LogP contribution in [0.5, 0.6) is 0 Å². The molecule has 2 heterocycles. The summed E-state index contributed by atoms with van der Waals surface area (Å²) in [7, 11) is 0. The predicted molar refractivity (Wildman–Crippen MR) is 59.4 cm³/mol. The fourth-order valence-electron chi connectivity index (χ4n) is 1.47. The molecule has 80 valence electrons. The molecule has 2 aromatic heterocycles. The van der Waals surface area contributed by atoms with E-state index >= 15 is 0 Å². The molecule has 0 saturated heterocycles. The van der Waals surface area contributed by atoms with Crippen molar-refractivity contribution in [2.75, 3.05) is 6.61 Å². The van der Waals surface area contributed by atoms with Crippen molar-refractivity contribution < 1.29 is 5.11 Å². The van der Waals surface area contributed by atoms with Crippen molar-refractivity contribution in [1.29, 1.82) is 0 Å². The summed E-state index contributed by atoms with van der Waals surface area (Å²) in [5.74, 6) is 0. The van der Waals surface area contributed by atoms with E-state index in [-0.39, 0.29) is 12.6 Å². The molecule has 0 fully saturated rings. The lowest BCUT2D eigenvalue weighted by atomic mass is 10.2. The van der Waals surface area contributed by atoms with Gasteiger partial charge in [-0.05, 0) is 22.4 Å². The summed E-state index contributed by atoms with van der Waals surface area (Å²) in [6, 6.07) is 0.0126. The summed E-state index contributed by atoms with van der Waals surface area (Å²) in [4.78, 5) is 12.6. The topological polar surface area (TPSA) is 63.8 Å². The number of hydrogen-bond acceptors (Lipinski definition) is 4. The van der Waals surface area contributed by atoms with Crippen LogP contribution < -0.4 is 0 Å². The van der Waals surface area contributed by atoms with Crippen molar-refractivity contribution in [3.05, 3.63) is 17.1 Å². The smallest absolute Gasteiger partial charge is 0.197 e. The molecule has 0 bridgehead atoms. The van der Waals surface area contributed by atoms with E-state index in [1.54, 1.807) is 12.5 Å². The number of imidazole rings is 1. The summed E-state index contributed by atoms with van der Waals surface area (Å²) in [6.45, 7) is 2.09. The number of fused-ring (bicyclic) bond motifs is 1. The summed E-state index contributed by atoms with van der Waals surface area (Å²) in [6.07, 6.45) is 4.11. The van der Waals surface area contributed by atoms with E-state index in [4.69, 9.17) is 0 Å². The van der Waals surface area contributed by atoms with Gasteiger partial charge >= 0.3 is 0 Å². The molecular formula is C9H11BrN4O. The molecule has 0 aliphatic heterocycles. The largest absolute Gasteiger partial charge is 0.394 e. The second-order valence-electron chi connectivity index (χ2n) is 3.24. The highest BCUT2D eigenvalue weighted by Gasteiger charge is 2.13. The van der Waals surface area contributed by atoms with Crippen LogP contribution in [-0.4, -0.2) is 31.2 Å². The van der Waals surface area contributed by atoms with Crippen molar-refractivity contribution >= 4 is 27.2 Å². The van der Waals surface area contributed by atoms with Crippen molar-refractivity contribution in [2.24, 2.45) is 0 Å². The summed E-state index contributed by atoms with van der Waals surface area (Å²) in [5, 5.41) is 9.22. The van der Waals surface area contributed by atoms with Crippen LogP contribution in [0.4, 0.5) is 0 Å². The standard InChI is InChI=1S/C9H11BrN4O/c1-2-6(4-15)14-5-12-8-9(14)13-7(10)3-11-8/h3,5-6,15H,2,4H2,1H3/t6-/m0/s1. The molecule has 0 aromatic carbocycles. The lowest BCUT2D eigenvalue weighted by molar-refractivity contribution is 0.226. The minimum atomic E-state index is 0.0126. The van der Waals surface area contributed by atoms with Gasteiger partial charge in [0, 0.05) is 0 Å². The summed E-state index contributed by atoms with van der Waals surface area (Å²) < 4.78 is 2.53. The van der Waals surface area contributed by atoms with E-state index in [9.17, 15) is 5.11 Å². The van der Waals surface area contributed by atoms with Crippen LogP contribution in [0.1, 0.15) is 19.4 Å².